The van der Waals surface area contributed by atoms with E-state index in [-0.39, 0.29) is 24.8 Å². The molecule has 2 heterocycles. The minimum Gasteiger partial charge on any atom is -0.365 e. The fraction of sp³-hybridized carbons (Fsp3) is 0.304. The third kappa shape index (κ3) is 4.79. The molecular formula is C23H23N3O3S3. The summed E-state index contributed by atoms with van der Waals surface area (Å²) in [7, 11) is 0. The Balaban J connectivity index is 1.41. The van der Waals surface area contributed by atoms with Crippen LogP contribution >= 0.6 is 35.3 Å². The zero-order chi connectivity index (χ0) is 22.8. The number of nitrogens with one attached hydrogen (secondary N) is 1. The third-order valence-corrected chi connectivity index (χ3v) is 8.07. The first kappa shape index (κ1) is 22.7. The van der Waals surface area contributed by atoms with Crippen molar-refractivity contribution in [1.29, 1.82) is 0 Å². The highest BCUT2D eigenvalue weighted by Gasteiger charge is 2.32. The first-order chi connectivity index (χ1) is 15.3. The van der Waals surface area contributed by atoms with Gasteiger partial charge in [0.2, 0.25) is 5.91 Å². The molecule has 32 heavy (non-hydrogen) atoms. The minimum atomic E-state index is -0.516. The number of benzene rings is 1. The molecular weight excluding hydrogens is 462 g/mol. The van der Waals surface area contributed by atoms with E-state index in [4.69, 9.17) is 18.0 Å². The molecule has 0 spiro atoms. The number of nitrogens with two attached hydrogens (primary N) is 1. The van der Waals surface area contributed by atoms with Crippen molar-refractivity contribution >= 4 is 68.4 Å². The largest absolute Gasteiger partial charge is 0.365 e. The van der Waals surface area contributed by atoms with Gasteiger partial charge in [0.25, 0.3) is 11.8 Å². The molecule has 0 radical (unpaired) electrons. The molecule has 1 aliphatic heterocycles. The summed E-state index contributed by atoms with van der Waals surface area (Å²) in [6.45, 7) is 2.19. The van der Waals surface area contributed by atoms with Gasteiger partial charge in [0.05, 0.1) is 10.5 Å². The first-order valence-corrected chi connectivity index (χ1v) is 12.4. The van der Waals surface area contributed by atoms with Gasteiger partial charge in [-0.25, -0.2) is 0 Å². The van der Waals surface area contributed by atoms with Crippen LogP contribution in [0.15, 0.2) is 29.2 Å². The zero-order valence-corrected chi connectivity index (χ0v) is 20.1. The van der Waals surface area contributed by atoms with Gasteiger partial charge < -0.3 is 11.1 Å². The lowest BCUT2D eigenvalue weighted by Gasteiger charge is -2.14. The van der Waals surface area contributed by atoms with Gasteiger partial charge in [0.15, 0.2) is 0 Å². The molecule has 2 aliphatic rings. The Labute approximate surface area is 200 Å². The molecule has 1 aromatic heterocycles. The number of rotatable bonds is 6. The highest BCUT2D eigenvalue weighted by molar-refractivity contribution is 8.26. The van der Waals surface area contributed by atoms with Crippen molar-refractivity contribution in [2.45, 2.75) is 39.0 Å². The molecule has 6 nitrogen and oxygen atoms in total. The van der Waals surface area contributed by atoms with E-state index in [0.29, 0.717) is 19.8 Å². The van der Waals surface area contributed by atoms with E-state index in [1.807, 2.05) is 37.3 Å². The van der Waals surface area contributed by atoms with E-state index in [1.54, 1.807) is 0 Å². The summed E-state index contributed by atoms with van der Waals surface area (Å²) >= 11 is 8.03. The van der Waals surface area contributed by atoms with Crippen molar-refractivity contribution in [1.82, 2.24) is 4.90 Å². The third-order valence-electron chi connectivity index (χ3n) is 5.48. The van der Waals surface area contributed by atoms with Gasteiger partial charge in [0, 0.05) is 17.8 Å². The van der Waals surface area contributed by atoms with E-state index >= 15 is 0 Å². The lowest BCUT2D eigenvalue weighted by Crippen LogP contribution is -2.31. The van der Waals surface area contributed by atoms with Gasteiger partial charge in [-0.3, -0.25) is 19.3 Å². The summed E-state index contributed by atoms with van der Waals surface area (Å²) in [6, 6.07) is 7.87. The number of thiocarbonyl (C=S) groups is 1. The van der Waals surface area contributed by atoms with E-state index in [0.717, 1.165) is 47.3 Å². The molecule has 0 unspecified atom stereocenters. The molecule has 4 rings (SSSR count). The van der Waals surface area contributed by atoms with Gasteiger partial charge in [-0.15, -0.1) is 11.3 Å². The van der Waals surface area contributed by atoms with E-state index in [2.05, 4.69) is 5.32 Å². The number of carbonyl (C=O) groups is 3. The molecule has 3 N–H and O–H groups in total. The molecule has 2 aromatic rings. The maximum absolute atomic E-state index is 12.8. The average Bonchev–Trinajstić information content (AvgIpc) is 3.24. The fourth-order valence-corrected chi connectivity index (χ4v) is 6.44. The van der Waals surface area contributed by atoms with Gasteiger partial charge in [0.1, 0.15) is 9.32 Å². The van der Waals surface area contributed by atoms with Crippen molar-refractivity contribution < 1.29 is 14.4 Å². The molecule has 3 amide bonds. The normalized spacial score (nSPS) is 17.0. The quantitative estimate of drug-likeness (QED) is 0.471. The number of hydrogen-bond donors (Lipinski definition) is 2. The Hall–Kier alpha value is -2.49. The first-order valence-electron chi connectivity index (χ1n) is 10.4. The van der Waals surface area contributed by atoms with Crippen LogP contribution in [0.3, 0.4) is 0 Å². The Morgan fingerprint density at radius 1 is 1.22 bits per heavy atom. The number of primary amides is 1. The number of hydrogen-bond acceptors (Lipinski definition) is 6. The number of thiophene rings is 1. The predicted molar refractivity (Wildman–Crippen MR) is 134 cm³/mol. The smallest absolute Gasteiger partial charge is 0.266 e. The maximum Gasteiger partial charge on any atom is 0.266 e. The summed E-state index contributed by atoms with van der Waals surface area (Å²) < 4.78 is 0.436. The van der Waals surface area contributed by atoms with E-state index in [9.17, 15) is 14.4 Å². The second-order valence-electron chi connectivity index (χ2n) is 7.82. The summed E-state index contributed by atoms with van der Waals surface area (Å²) in [5, 5.41) is 3.35. The highest BCUT2D eigenvalue weighted by atomic mass is 32.2. The van der Waals surface area contributed by atoms with E-state index in [1.165, 1.54) is 28.0 Å². The zero-order valence-electron chi connectivity index (χ0n) is 17.6. The Morgan fingerprint density at radius 3 is 2.66 bits per heavy atom. The molecule has 0 bridgehead atoms. The predicted octanol–water partition coefficient (Wildman–Crippen LogP) is 4.26. The second-order valence-corrected chi connectivity index (χ2v) is 10.6. The van der Waals surface area contributed by atoms with Crippen molar-refractivity contribution in [2.24, 2.45) is 5.73 Å². The Kier molecular flexibility index (Phi) is 6.78. The number of anilines is 1. The molecule has 1 aliphatic carbocycles. The number of thioether (sulfide) groups is 1. The molecule has 0 saturated carbocycles. The van der Waals surface area contributed by atoms with Crippen molar-refractivity contribution in [2.75, 3.05) is 11.9 Å². The van der Waals surface area contributed by atoms with Crippen molar-refractivity contribution in [3.63, 3.8) is 0 Å². The Bertz CT molecular complexity index is 1140. The molecule has 0 atom stereocenters. The summed E-state index contributed by atoms with van der Waals surface area (Å²) in [5.74, 6) is -0.988. The molecule has 1 saturated heterocycles. The number of carbonyl (C=O) groups excluding carboxylic acids is 3. The van der Waals surface area contributed by atoms with Crippen LogP contribution in [-0.2, 0) is 22.4 Å². The van der Waals surface area contributed by atoms with Crippen LogP contribution in [0.5, 0.6) is 0 Å². The standard InChI is InChI=1S/C23H23N3O3S3/c1-13-6-8-14(9-7-13)12-17-22(29)26(23(30)32-17)11-10-18(27)25-21-19(20(24)28)15-4-2-3-5-16(15)31-21/h6-9,12H,2-5,10-11H2,1H3,(H2,24,28)(H,25,27). The Morgan fingerprint density at radius 2 is 1.94 bits per heavy atom. The molecule has 1 fully saturated rings. The number of aryl methyl sites for hydroxylation is 2. The van der Waals surface area contributed by atoms with Gasteiger partial charge in [-0.05, 0) is 49.8 Å². The highest BCUT2D eigenvalue weighted by Crippen LogP contribution is 2.38. The van der Waals surface area contributed by atoms with Crippen molar-refractivity contribution in [3.05, 3.63) is 56.3 Å². The molecule has 9 heteroatoms. The van der Waals surface area contributed by atoms with Crippen LogP contribution in [0.25, 0.3) is 6.08 Å². The van der Waals surface area contributed by atoms with Crippen LogP contribution in [0.2, 0.25) is 0 Å². The fourth-order valence-electron chi connectivity index (χ4n) is 3.82. The lowest BCUT2D eigenvalue weighted by atomic mass is 9.95. The van der Waals surface area contributed by atoms with Crippen LogP contribution in [-0.4, -0.2) is 33.5 Å². The van der Waals surface area contributed by atoms with Crippen molar-refractivity contribution in [3.8, 4) is 0 Å². The number of fused-ring (bicyclic) bond motifs is 1. The molecule has 166 valence electrons. The summed E-state index contributed by atoms with van der Waals surface area (Å²) in [6.07, 6.45) is 5.69. The van der Waals surface area contributed by atoms with Crippen LogP contribution < -0.4 is 11.1 Å². The van der Waals surface area contributed by atoms with Gasteiger partial charge >= 0.3 is 0 Å². The molecule has 1 aromatic carbocycles. The average molecular weight is 486 g/mol. The second kappa shape index (κ2) is 9.56. The van der Waals surface area contributed by atoms with Gasteiger partial charge in [-0.1, -0.05) is 53.8 Å². The summed E-state index contributed by atoms with van der Waals surface area (Å²) in [5.41, 5.74) is 9.07. The number of amides is 3. The monoisotopic (exact) mass is 485 g/mol. The lowest BCUT2D eigenvalue weighted by molar-refractivity contribution is -0.122. The summed E-state index contributed by atoms with van der Waals surface area (Å²) in [4.78, 5) is 40.5. The number of nitrogens with zero attached hydrogens (tertiary/aromatic N) is 1. The van der Waals surface area contributed by atoms with Gasteiger partial charge in [-0.2, -0.15) is 0 Å². The van der Waals surface area contributed by atoms with E-state index < -0.39 is 5.91 Å². The van der Waals surface area contributed by atoms with Crippen LogP contribution in [0.1, 0.15) is 51.2 Å². The maximum atomic E-state index is 12.8. The minimum absolute atomic E-state index is 0.0744. The van der Waals surface area contributed by atoms with Crippen LogP contribution in [0, 0.1) is 6.92 Å². The topological polar surface area (TPSA) is 92.5 Å². The SMILES string of the molecule is Cc1ccc(C=C2SC(=S)N(CCC(=O)Nc3sc4c(c3C(N)=O)CCCC4)C2=O)cc1. The van der Waals surface area contributed by atoms with Crippen LogP contribution in [0.4, 0.5) is 5.00 Å².